The highest BCUT2D eigenvalue weighted by Gasteiger charge is 2.26. The molecule has 0 aromatic rings. The minimum absolute atomic E-state index is 0.201. The highest BCUT2D eigenvalue weighted by atomic mass is 32.2. The van der Waals surface area contributed by atoms with Crippen LogP contribution in [0.5, 0.6) is 0 Å². The van der Waals surface area contributed by atoms with Gasteiger partial charge in [0.2, 0.25) is 5.91 Å². The summed E-state index contributed by atoms with van der Waals surface area (Å²) in [5.74, 6) is 1.92. The number of guanidine groups is 1. The zero-order valence-electron chi connectivity index (χ0n) is 16.4. The molecule has 0 heterocycles. The van der Waals surface area contributed by atoms with Gasteiger partial charge in [0.1, 0.15) is 0 Å². The minimum Gasteiger partial charge on any atom is -0.355 e. The Morgan fingerprint density at radius 2 is 1.77 bits per heavy atom. The average molecular weight is 385 g/mol. The van der Waals surface area contributed by atoms with Crippen molar-refractivity contribution in [2.24, 2.45) is 10.9 Å². The quantitative estimate of drug-likeness (QED) is 0.356. The third-order valence-electron chi connectivity index (χ3n) is 5.54. The summed E-state index contributed by atoms with van der Waals surface area (Å²) < 4.78 is 12.1. The monoisotopic (exact) mass is 384 g/mol. The Balaban J connectivity index is 1.65. The Morgan fingerprint density at radius 3 is 2.46 bits per heavy atom. The number of nitrogens with zero attached hydrogens (tertiary/aromatic N) is 1. The molecule has 0 aromatic carbocycles. The Kier molecular flexibility index (Phi) is 9.43. The van der Waals surface area contributed by atoms with Gasteiger partial charge in [0.25, 0.3) is 0 Å². The number of carbonyl (C=O) groups is 1. The summed E-state index contributed by atoms with van der Waals surface area (Å²) in [6.07, 6.45) is 9.91. The van der Waals surface area contributed by atoms with E-state index in [1.165, 1.54) is 19.3 Å². The van der Waals surface area contributed by atoms with Gasteiger partial charge in [-0.25, -0.2) is 0 Å². The van der Waals surface area contributed by atoms with E-state index < -0.39 is 10.8 Å². The second kappa shape index (κ2) is 11.6. The molecular weight excluding hydrogens is 348 g/mol. The van der Waals surface area contributed by atoms with Gasteiger partial charge in [0, 0.05) is 53.9 Å². The van der Waals surface area contributed by atoms with Crippen LogP contribution in [0.3, 0.4) is 0 Å². The van der Waals surface area contributed by atoms with Gasteiger partial charge in [-0.05, 0) is 32.1 Å². The third-order valence-corrected chi connectivity index (χ3v) is 7.28. The molecule has 2 fully saturated rings. The predicted molar refractivity (Wildman–Crippen MR) is 109 cm³/mol. The highest BCUT2D eigenvalue weighted by molar-refractivity contribution is 7.85. The van der Waals surface area contributed by atoms with Gasteiger partial charge in [-0.2, -0.15) is 0 Å². The standard InChI is InChI=1S/C19H36N4O2S/c1-3-26(25)17-11-7-10-16(14-17)23-19(20-2)22-13-12-21-18(24)15-8-5-4-6-9-15/h15-17H,3-14H2,1-2H3,(H,21,24)(H2,20,22,23). The van der Waals surface area contributed by atoms with Crippen molar-refractivity contribution >= 4 is 22.7 Å². The van der Waals surface area contributed by atoms with Crippen molar-refractivity contribution < 1.29 is 9.00 Å². The molecule has 0 aliphatic heterocycles. The molecule has 3 atom stereocenters. The van der Waals surface area contributed by atoms with E-state index in [4.69, 9.17) is 0 Å². The van der Waals surface area contributed by atoms with Crippen LogP contribution in [0, 0.1) is 5.92 Å². The van der Waals surface area contributed by atoms with Gasteiger partial charge in [-0.1, -0.05) is 32.6 Å². The lowest BCUT2D eigenvalue weighted by Gasteiger charge is -2.30. The second-order valence-corrected chi connectivity index (χ2v) is 9.43. The lowest BCUT2D eigenvalue weighted by Crippen LogP contribution is -2.48. The molecule has 0 aromatic heterocycles. The summed E-state index contributed by atoms with van der Waals surface area (Å²) >= 11 is 0. The van der Waals surface area contributed by atoms with Gasteiger partial charge < -0.3 is 16.0 Å². The number of aliphatic imine (C=N–C) groups is 1. The molecular formula is C19H36N4O2S. The Bertz CT molecular complexity index is 492. The van der Waals surface area contributed by atoms with E-state index in [0.29, 0.717) is 24.4 Å². The zero-order chi connectivity index (χ0) is 18.8. The van der Waals surface area contributed by atoms with Crippen molar-refractivity contribution in [1.82, 2.24) is 16.0 Å². The molecule has 26 heavy (non-hydrogen) atoms. The maximum atomic E-state index is 12.1. The molecule has 0 bridgehead atoms. The molecule has 3 unspecified atom stereocenters. The Hall–Kier alpha value is -1.11. The van der Waals surface area contributed by atoms with Crippen LogP contribution in [-0.4, -0.2) is 53.3 Å². The highest BCUT2D eigenvalue weighted by Crippen LogP contribution is 2.24. The molecule has 2 saturated carbocycles. The summed E-state index contributed by atoms with van der Waals surface area (Å²) in [6.45, 7) is 3.27. The lowest BCUT2D eigenvalue weighted by atomic mass is 9.89. The maximum Gasteiger partial charge on any atom is 0.223 e. The third kappa shape index (κ3) is 6.89. The van der Waals surface area contributed by atoms with E-state index in [9.17, 15) is 9.00 Å². The zero-order valence-corrected chi connectivity index (χ0v) is 17.2. The topological polar surface area (TPSA) is 82.6 Å². The van der Waals surface area contributed by atoms with Crippen LogP contribution in [0.15, 0.2) is 4.99 Å². The van der Waals surface area contributed by atoms with Crippen LogP contribution >= 0.6 is 0 Å². The Labute approximate surface area is 160 Å². The van der Waals surface area contributed by atoms with Crippen molar-refractivity contribution in [2.45, 2.75) is 76.0 Å². The summed E-state index contributed by atoms with van der Waals surface area (Å²) in [5.41, 5.74) is 0. The maximum absolute atomic E-state index is 12.1. The van der Waals surface area contributed by atoms with Crippen molar-refractivity contribution in [3.05, 3.63) is 0 Å². The van der Waals surface area contributed by atoms with E-state index in [1.54, 1.807) is 7.05 Å². The number of hydrogen-bond donors (Lipinski definition) is 3. The number of nitrogens with one attached hydrogen (secondary N) is 3. The normalized spacial score (nSPS) is 26.2. The summed E-state index contributed by atoms with van der Waals surface area (Å²) in [7, 11) is 1.05. The minimum atomic E-state index is -0.713. The molecule has 2 aliphatic rings. The first-order chi connectivity index (χ1) is 12.6. The van der Waals surface area contributed by atoms with E-state index in [0.717, 1.165) is 50.2 Å². The smallest absolute Gasteiger partial charge is 0.223 e. The molecule has 0 radical (unpaired) electrons. The van der Waals surface area contributed by atoms with Gasteiger partial charge >= 0.3 is 0 Å². The fraction of sp³-hybridized carbons (Fsp3) is 0.895. The molecule has 2 rings (SSSR count). The number of amides is 1. The summed E-state index contributed by atoms with van der Waals surface area (Å²) in [6, 6.07) is 0.326. The second-order valence-electron chi connectivity index (χ2n) is 7.42. The molecule has 0 spiro atoms. The van der Waals surface area contributed by atoms with Gasteiger partial charge in [0.15, 0.2) is 5.96 Å². The fourth-order valence-corrected chi connectivity index (χ4v) is 5.36. The fourth-order valence-electron chi connectivity index (χ4n) is 4.01. The molecule has 3 N–H and O–H groups in total. The molecule has 2 aliphatic carbocycles. The number of rotatable bonds is 7. The summed E-state index contributed by atoms with van der Waals surface area (Å²) in [5, 5.41) is 10.1. The predicted octanol–water partition coefficient (Wildman–Crippen LogP) is 1.93. The number of hydrogen-bond acceptors (Lipinski definition) is 3. The molecule has 0 saturated heterocycles. The van der Waals surface area contributed by atoms with Gasteiger partial charge in [-0.15, -0.1) is 0 Å². The van der Waals surface area contributed by atoms with E-state index in [1.807, 2.05) is 6.92 Å². The van der Waals surface area contributed by atoms with Gasteiger partial charge in [-0.3, -0.25) is 14.0 Å². The van der Waals surface area contributed by atoms with Crippen LogP contribution in [0.1, 0.15) is 64.7 Å². The largest absolute Gasteiger partial charge is 0.355 e. The van der Waals surface area contributed by atoms with Crippen molar-refractivity contribution in [3.63, 3.8) is 0 Å². The van der Waals surface area contributed by atoms with E-state index in [2.05, 4.69) is 20.9 Å². The lowest BCUT2D eigenvalue weighted by molar-refractivity contribution is -0.125. The Morgan fingerprint density at radius 1 is 1.04 bits per heavy atom. The first-order valence-electron chi connectivity index (χ1n) is 10.3. The van der Waals surface area contributed by atoms with Crippen LogP contribution in [0.25, 0.3) is 0 Å². The van der Waals surface area contributed by atoms with Crippen LogP contribution < -0.4 is 16.0 Å². The summed E-state index contributed by atoms with van der Waals surface area (Å²) in [4.78, 5) is 16.4. The molecule has 6 nitrogen and oxygen atoms in total. The molecule has 1 amide bonds. The van der Waals surface area contributed by atoms with E-state index >= 15 is 0 Å². The van der Waals surface area contributed by atoms with Crippen LogP contribution in [0.4, 0.5) is 0 Å². The SMILES string of the molecule is CCS(=O)C1CCCC(NC(=NC)NCCNC(=O)C2CCCCC2)C1. The molecule has 150 valence electrons. The first-order valence-corrected chi connectivity index (χ1v) is 11.6. The van der Waals surface area contributed by atoms with Crippen molar-refractivity contribution in [2.75, 3.05) is 25.9 Å². The first kappa shape index (κ1) is 21.2. The van der Waals surface area contributed by atoms with E-state index in [-0.39, 0.29) is 11.8 Å². The average Bonchev–Trinajstić information content (AvgIpc) is 2.70. The van der Waals surface area contributed by atoms with Crippen molar-refractivity contribution in [1.29, 1.82) is 0 Å². The van der Waals surface area contributed by atoms with Crippen LogP contribution in [-0.2, 0) is 15.6 Å². The van der Waals surface area contributed by atoms with Crippen molar-refractivity contribution in [3.8, 4) is 0 Å². The van der Waals surface area contributed by atoms with Gasteiger partial charge in [0.05, 0.1) is 0 Å². The van der Waals surface area contributed by atoms with Crippen LogP contribution in [0.2, 0.25) is 0 Å². The number of carbonyl (C=O) groups excluding carboxylic acids is 1. The molecule has 7 heteroatoms.